The van der Waals surface area contributed by atoms with Gasteiger partial charge in [-0.05, 0) is 6.92 Å². The number of nitrogens with zero attached hydrogens (tertiary/aromatic N) is 3. The Kier molecular flexibility index (Phi) is 4.33. The van der Waals surface area contributed by atoms with Crippen LogP contribution in [0.5, 0.6) is 0 Å². The molecule has 2 rings (SSSR count). The first-order chi connectivity index (χ1) is 8.74. The quantitative estimate of drug-likeness (QED) is 0.865. The molecule has 0 aromatic carbocycles. The molecule has 1 aromatic heterocycles. The molecule has 1 atom stereocenters. The fraction of sp³-hybridized carbons (Fsp3) is 0.545. The number of rotatable bonds is 3. The summed E-state index contributed by atoms with van der Waals surface area (Å²) in [5, 5.41) is 3.08. The van der Waals surface area contributed by atoms with Gasteiger partial charge in [0.05, 0.1) is 13.2 Å². The van der Waals surface area contributed by atoms with Crippen LogP contribution in [-0.4, -0.2) is 48.2 Å². The molecule has 98 valence electrons. The van der Waals surface area contributed by atoms with Gasteiger partial charge in [0.25, 0.3) is 0 Å². The molecule has 0 bridgehead atoms. The van der Waals surface area contributed by atoms with Crippen LogP contribution in [-0.2, 0) is 9.53 Å². The number of anilines is 1. The number of halogens is 1. The van der Waals surface area contributed by atoms with Gasteiger partial charge in [-0.15, -0.1) is 0 Å². The molecule has 6 nitrogen and oxygen atoms in total. The van der Waals surface area contributed by atoms with Gasteiger partial charge in [0, 0.05) is 25.5 Å². The van der Waals surface area contributed by atoms with Crippen LogP contribution in [0.15, 0.2) is 12.4 Å². The van der Waals surface area contributed by atoms with Crippen molar-refractivity contribution in [2.24, 2.45) is 0 Å². The van der Waals surface area contributed by atoms with Crippen LogP contribution in [0.4, 0.5) is 5.82 Å². The lowest BCUT2D eigenvalue weighted by Gasteiger charge is -2.35. The summed E-state index contributed by atoms with van der Waals surface area (Å²) >= 11 is 6.02. The summed E-state index contributed by atoms with van der Waals surface area (Å²) in [4.78, 5) is 22.0. The van der Waals surface area contributed by atoms with E-state index in [0.29, 0.717) is 37.3 Å². The third-order valence-corrected chi connectivity index (χ3v) is 2.96. The van der Waals surface area contributed by atoms with Gasteiger partial charge in [-0.2, -0.15) is 0 Å². The third-order valence-electron chi connectivity index (χ3n) is 2.69. The SMILES string of the molecule is CCNC(=O)C1COCCN1c1nccnc1Cl. The molecule has 0 radical (unpaired) electrons. The van der Waals surface area contributed by atoms with Gasteiger partial charge in [0.2, 0.25) is 5.91 Å². The number of amides is 1. The summed E-state index contributed by atoms with van der Waals surface area (Å²) < 4.78 is 5.35. The van der Waals surface area contributed by atoms with Crippen molar-refractivity contribution in [3.63, 3.8) is 0 Å². The smallest absolute Gasteiger partial charge is 0.245 e. The van der Waals surface area contributed by atoms with E-state index in [1.165, 1.54) is 6.20 Å². The Morgan fingerprint density at radius 2 is 2.39 bits per heavy atom. The molecule has 1 N–H and O–H groups in total. The van der Waals surface area contributed by atoms with Crippen molar-refractivity contribution in [2.45, 2.75) is 13.0 Å². The van der Waals surface area contributed by atoms with E-state index in [0.717, 1.165) is 0 Å². The van der Waals surface area contributed by atoms with Gasteiger partial charge in [-0.1, -0.05) is 11.6 Å². The largest absolute Gasteiger partial charge is 0.377 e. The summed E-state index contributed by atoms with van der Waals surface area (Å²) in [5.74, 6) is 0.442. The van der Waals surface area contributed by atoms with Crippen molar-refractivity contribution in [1.82, 2.24) is 15.3 Å². The lowest BCUT2D eigenvalue weighted by atomic mass is 10.2. The Balaban J connectivity index is 2.23. The standard InChI is InChI=1S/C11H15ClN4O2/c1-2-13-11(17)8-7-18-6-5-16(8)10-9(12)14-3-4-15-10/h3-4,8H,2,5-7H2,1H3,(H,13,17). The molecular weight excluding hydrogens is 256 g/mol. The minimum absolute atomic E-state index is 0.0843. The number of nitrogens with one attached hydrogen (secondary N) is 1. The summed E-state index contributed by atoms with van der Waals surface area (Å²) in [5.41, 5.74) is 0. The van der Waals surface area contributed by atoms with Crippen molar-refractivity contribution in [3.05, 3.63) is 17.5 Å². The number of likely N-dealkylation sites (N-methyl/N-ethyl adjacent to an activating group) is 1. The molecule has 2 heterocycles. The molecule has 18 heavy (non-hydrogen) atoms. The van der Waals surface area contributed by atoms with Crippen molar-refractivity contribution >= 4 is 23.3 Å². The van der Waals surface area contributed by atoms with E-state index in [9.17, 15) is 4.79 Å². The maximum Gasteiger partial charge on any atom is 0.245 e. The Hall–Kier alpha value is -1.40. The normalized spacial score (nSPS) is 19.7. The zero-order valence-corrected chi connectivity index (χ0v) is 10.9. The van der Waals surface area contributed by atoms with Gasteiger partial charge < -0.3 is 15.0 Å². The Morgan fingerprint density at radius 1 is 1.61 bits per heavy atom. The maximum atomic E-state index is 12.0. The minimum atomic E-state index is -0.409. The highest BCUT2D eigenvalue weighted by Gasteiger charge is 2.31. The Morgan fingerprint density at radius 3 is 3.11 bits per heavy atom. The van der Waals surface area contributed by atoms with Crippen molar-refractivity contribution in [2.75, 3.05) is 31.2 Å². The van der Waals surface area contributed by atoms with Crippen LogP contribution in [0.3, 0.4) is 0 Å². The van der Waals surface area contributed by atoms with Gasteiger partial charge in [-0.25, -0.2) is 9.97 Å². The summed E-state index contributed by atoms with van der Waals surface area (Å²) in [6.45, 7) is 3.90. The molecular formula is C11H15ClN4O2. The average molecular weight is 271 g/mol. The number of morpholine rings is 1. The number of aromatic nitrogens is 2. The molecule has 0 spiro atoms. The molecule has 1 aromatic rings. The summed E-state index contributed by atoms with van der Waals surface area (Å²) in [6, 6.07) is -0.409. The van der Waals surface area contributed by atoms with E-state index >= 15 is 0 Å². The van der Waals surface area contributed by atoms with Gasteiger partial charge >= 0.3 is 0 Å². The van der Waals surface area contributed by atoms with Crippen LogP contribution in [0.1, 0.15) is 6.92 Å². The number of carbonyl (C=O) groups is 1. The second kappa shape index (κ2) is 5.97. The lowest BCUT2D eigenvalue weighted by Crippen LogP contribution is -2.54. The van der Waals surface area contributed by atoms with E-state index in [1.807, 2.05) is 11.8 Å². The van der Waals surface area contributed by atoms with E-state index in [-0.39, 0.29) is 5.91 Å². The highest BCUT2D eigenvalue weighted by molar-refractivity contribution is 6.31. The van der Waals surface area contributed by atoms with E-state index in [4.69, 9.17) is 16.3 Å². The number of ether oxygens (including phenoxy) is 1. The highest BCUT2D eigenvalue weighted by atomic mass is 35.5. The van der Waals surface area contributed by atoms with Gasteiger partial charge in [0.15, 0.2) is 11.0 Å². The Bertz CT molecular complexity index is 429. The highest BCUT2D eigenvalue weighted by Crippen LogP contribution is 2.23. The fourth-order valence-corrected chi connectivity index (χ4v) is 2.09. The van der Waals surface area contributed by atoms with E-state index < -0.39 is 6.04 Å². The summed E-state index contributed by atoms with van der Waals surface area (Å²) in [6.07, 6.45) is 3.08. The summed E-state index contributed by atoms with van der Waals surface area (Å²) in [7, 11) is 0. The number of hydrogen-bond donors (Lipinski definition) is 1. The van der Waals surface area contributed by atoms with Crippen LogP contribution < -0.4 is 10.2 Å². The minimum Gasteiger partial charge on any atom is -0.377 e. The van der Waals surface area contributed by atoms with Crippen LogP contribution >= 0.6 is 11.6 Å². The monoisotopic (exact) mass is 270 g/mol. The molecule has 1 amide bonds. The number of carbonyl (C=O) groups excluding carboxylic acids is 1. The first-order valence-corrected chi connectivity index (χ1v) is 6.20. The first kappa shape index (κ1) is 13.0. The van der Waals surface area contributed by atoms with E-state index in [2.05, 4.69) is 15.3 Å². The molecule has 1 fully saturated rings. The maximum absolute atomic E-state index is 12.0. The molecule has 1 unspecified atom stereocenters. The average Bonchev–Trinajstić information content (AvgIpc) is 2.40. The van der Waals surface area contributed by atoms with Crippen molar-refractivity contribution < 1.29 is 9.53 Å². The van der Waals surface area contributed by atoms with Crippen LogP contribution in [0.25, 0.3) is 0 Å². The molecule has 0 saturated carbocycles. The second-order valence-electron chi connectivity index (χ2n) is 3.85. The van der Waals surface area contributed by atoms with Crippen LogP contribution in [0, 0.1) is 0 Å². The first-order valence-electron chi connectivity index (χ1n) is 5.82. The predicted molar refractivity (Wildman–Crippen MR) is 67.7 cm³/mol. The zero-order valence-electron chi connectivity index (χ0n) is 10.1. The van der Waals surface area contributed by atoms with E-state index in [1.54, 1.807) is 6.20 Å². The van der Waals surface area contributed by atoms with Gasteiger partial charge in [-0.3, -0.25) is 4.79 Å². The topological polar surface area (TPSA) is 67.3 Å². The van der Waals surface area contributed by atoms with Crippen molar-refractivity contribution in [1.29, 1.82) is 0 Å². The number of hydrogen-bond acceptors (Lipinski definition) is 5. The molecule has 1 saturated heterocycles. The van der Waals surface area contributed by atoms with Crippen LogP contribution in [0.2, 0.25) is 5.15 Å². The molecule has 1 aliphatic heterocycles. The third kappa shape index (κ3) is 2.70. The molecule has 7 heteroatoms. The zero-order chi connectivity index (χ0) is 13.0. The second-order valence-corrected chi connectivity index (χ2v) is 4.21. The lowest BCUT2D eigenvalue weighted by molar-refractivity contribution is -0.124. The molecule has 0 aliphatic carbocycles. The van der Waals surface area contributed by atoms with Gasteiger partial charge in [0.1, 0.15) is 6.04 Å². The van der Waals surface area contributed by atoms with Crippen molar-refractivity contribution in [3.8, 4) is 0 Å². The molecule has 1 aliphatic rings. The predicted octanol–water partition coefficient (Wildman–Crippen LogP) is 0.471. The Labute approximate surface area is 110 Å². The fourth-order valence-electron chi connectivity index (χ4n) is 1.87.